The van der Waals surface area contributed by atoms with Gasteiger partial charge in [0, 0.05) is 168 Å². The molecular weight excluding hydrogens is 1790 g/mol. The van der Waals surface area contributed by atoms with Crippen LogP contribution in [0, 0.1) is 39.5 Å². The molecule has 734 valence electrons. The summed E-state index contributed by atoms with van der Waals surface area (Å²) < 4.78 is 6.26. The van der Waals surface area contributed by atoms with E-state index in [-0.39, 0.29) is 56.4 Å². The van der Waals surface area contributed by atoms with Gasteiger partial charge in [0.25, 0.3) is 0 Å². The van der Waals surface area contributed by atoms with Gasteiger partial charge in [0.05, 0.1) is 50.5 Å². The fourth-order valence-corrected chi connectivity index (χ4v) is 18.5. The average molecular weight is 1930 g/mol. The molecule has 4 saturated heterocycles. The van der Waals surface area contributed by atoms with Crippen molar-refractivity contribution < 1.29 is 54.9 Å². The van der Waals surface area contributed by atoms with E-state index in [9.17, 15) is 34.5 Å². The zero-order valence-electron chi connectivity index (χ0n) is 78.7. The van der Waals surface area contributed by atoms with Crippen molar-refractivity contribution >= 4 is 163 Å². The average Bonchev–Trinajstić information content (AvgIpc) is 1.60. The standard InChI is InChI=1S/C25H31N7O2S.C25H33N7O2S.C23H29N7O2S.C22H27N7O2S.11H2/c1-3-23(33)26-18-8-10-19(11-9-18)35-24-28-20(27-21-12-16(2)30-31-21)13-22(29-24)32-14-25(34,15-32)17-6-4-5-7-17;1-7-22(33)26-17-8-10-18(11-9-17)35-23-28-19(27-20-12-16(2)30-31-20)13-21(29-23)32-14-25(6,15-32)34-24(3,4)5;1-5-21(31)24-16-6-8-17(9-7-16)33-22-26-18(25-19-10-15(4)28-29-19)11-20(27-22)30-12-23(32,13-30)14(2)3;1-4-20(30)23-15-6-8-16(9-7-15)32-21-25-17(24-18-10-14(3)27-28-18)11-19(26-21)29-12-22(31,5-2)13-29;;;;;;;;;;;/h8-13,17,34H,3-7,14-15H2,1-2H3,(H,26,33)(H2,27,28,29,30,31);8-13H,7,14-15H2,1-6H3,(H,26,33)(H2,27,28,29,30,31);6-11,14,32H,5,12-13H2,1-4H3,(H,24,31)(H2,25,26,27,28,29);6-11,31H,4-5,12-13H2,1-3H3,(H,23,30)(H2,24,25,26,27,28);11*1H. The minimum absolute atomic E-state index is 0. The van der Waals surface area contributed by atoms with Crippen LogP contribution in [0.3, 0.4) is 0 Å². The van der Waals surface area contributed by atoms with Gasteiger partial charge in [-0.25, -0.2) is 39.9 Å². The summed E-state index contributed by atoms with van der Waals surface area (Å²) in [6, 6.07) is 45.7. The van der Waals surface area contributed by atoms with Crippen molar-refractivity contribution in [2.24, 2.45) is 11.8 Å². The van der Waals surface area contributed by atoms with Crippen molar-refractivity contribution in [2.45, 2.75) is 230 Å². The lowest BCUT2D eigenvalue weighted by atomic mass is 9.79. The van der Waals surface area contributed by atoms with Gasteiger partial charge < -0.3 is 82.2 Å². The van der Waals surface area contributed by atoms with Gasteiger partial charge in [-0.3, -0.25) is 39.6 Å². The van der Waals surface area contributed by atoms with Gasteiger partial charge in [-0.1, -0.05) is 61.3 Å². The number of aliphatic hydroxyl groups is 3. The largest absolute Gasteiger partial charge is 0.386 e. The van der Waals surface area contributed by atoms with E-state index >= 15 is 0 Å². The highest BCUT2D eigenvalue weighted by molar-refractivity contribution is 8.00. The summed E-state index contributed by atoms with van der Waals surface area (Å²) in [5, 5.41) is 87.7. The summed E-state index contributed by atoms with van der Waals surface area (Å²) in [4.78, 5) is 96.5. The molecule has 15 N–H and O–H groups in total. The first-order valence-corrected chi connectivity index (χ1v) is 48.7. The Bertz CT molecular complexity index is 6100. The van der Waals surface area contributed by atoms with E-state index in [4.69, 9.17) is 34.6 Å². The molecule has 12 heterocycles. The number of benzene rings is 4. The third-order valence-electron chi connectivity index (χ3n) is 22.9. The van der Waals surface area contributed by atoms with Gasteiger partial charge in [0.2, 0.25) is 23.6 Å². The molecule has 0 radical (unpaired) electrons. The van der Waals surface area contributed by atoms with Gasteiger partial charge in [-0.05, 0) is 231 Å². The van der Waals surface area contributed by atoms with E-state index < -0.39 is 16.8 Å². The van der Waals surface area contributed by atoms with Crippen LogP contribution >= 0.6 is 47.0 Å². The van der Waals surface area contributed by atoms with Crippen molar-refractivity contribution in [1.29, 1.82) is 0 Å². The minimum atomic E-state index is -0.704. The van der Waals surface area contributed by atoms with Crippen LogP contribution < -0.4 is 62.1 Å². The maximum absolute atomic E-state index is 11.6. The molecular formula is C95H142N28O8S4. The van der Waals surface area contributed by atoms with Crippen LogP contribution in [0.15, 0.2) is 186 Å². The zero-order valence-corrected chi connectivity index (χ0v) is 82.0. The number of hydrogen-bond acceptors (Lipinski definition) is 32. The number of ether oxygens (including phenoxy) is 1. The van der Waals surface area contributed by atoms with E-state index in [1.54, 1.807) is 0 Å². The van der Waals surface area contributed by atoms with Crippen molar-refractivity contribution in [3.05, 3.63) is 168 Å². The van der Waals surface area contributed by atoms with Crippen LogP contribution in [0.2, 0.25) is 0 Å². The van der Waals surface area contributed by atoms with Crippen LogP contribution in [0.1, 0.15) is 172 Å². The molecule has 1 saturated carbocycles. The van der Waals surface area contributed by atoms with E-state index in [0.717, 1.165) is 114 Å². The summed E-state index contributed by atoms with van der Waals surface area (Å²) in [6.45, 7) is 34.3. The highest BCUT2D eigenvalue weighted by Gasteiger charge is 2.50. The van der Waals surface area contributed by atoms with Gasteiger partial charge in [0.15, 0.2) is 43.9 Å². The van der Waals surface area contributed by atoms with E-state index in [1.807, 2.05) is 227 Å². The molecule has 0 atom stereocenters. The zero-order chi connectivity index (χ0) is 95.9. The Labute approximate surface area is 818 Å². The van der Waals surface area contributed by atoms with Crippen molar-refractivity contribution in [2.75, 3.05) is 114 Å². The molecule has 4 aromatic carbocycles. The molecule has 5 fully saturated rings. The molecule has 0 spiro atoms. The topological polar surface area (TPSA) is 465 Å². The fraction of sp³-hybridized carbons (Fsp3) is 0.411. The van der Waals surface area contributed by atoms with Gasteiger partial charge in [-0.15, -0.1) is 0 Å². The lowest BCUT2D eigenvalue weighted by Gasteiger charge is -2.50. The number of amides is 4. The Kier molecular flexibility index (Phi) is 31.7. The number of nitrogens with one attached hydrogen (secondary N) is 12. The number of carbonyl (C=O) groups excluding carboxylic acids is 4. The van der Waals surface area contributed by atoms with Crippen molar-refractivity contribution in [3.63, 3.8) is 0 Å². The number of aryl methyl sites for hydroxylation is 4. The molecule has 0 bridgehead atoms. The molecule has 4 amide bonds. The molecule has 40 heteroatoms. The highest BCUT2D eigenvalue weighted by Crippen LogP contribution is 2.44. The van der Waals surface area contributed by atoms with Crippen molar-refractivity contribution in [3.8, 4) is 0 Å². The third-order valence-corrected chi connectivity index (χ3v) is 26.4. The quantitative estimate of drug-likeness (QED) is 0.0174. The van der Waals surface area contributed by atoms with Crippen LogP contribution in [0.5, 0.6) is 0 Å². The SMILES string of the molecule is CCC(=O)Nc1ccc(Sc2nc(Nc3cc(C)[nH]n3)cc(N3CC(C)(OC(C)(C)C)C3)n2)cc1.CCC(=O)Nc1ccc(Sc2nc(Nc3cc(C)[nH]n3)cc(N3CC(O)(C(C)C)C3)n2)cc1.CCC(=O)Nc1ccc(Sc2nc(Nc3cc(C)[nH]n3)cc(N3CC(O)(C4CCCC4)C3)n2)cc1.CCC(=O)Nc1ccc(Sc2nc(Nc3cc(C)[nH]n3)cc(N3CC(O)(CC)C3)n2)cc1.[HH].[HH].[HH].[HH].[HH].[HH].[HH].[HH].[HH].[HH].[HH]. The molecule has 8 aromatic heterocycles. The first-order valence-electron chi connectivity index (χ1n) is 45.4. The molecule has 5 aliphatic rings. The molecule has 12 aromatic rings. The lowest BCUT2D eigenvalue weighted by Crippen LogP contribution is -2.65. The Morgan fingerprint density at radius 2 is 0.674 bits per heavy atom. The van der Waals surface area contributed by atoms with E-state index in [2.05, 4.69) is 136 Å². The summed E-state index contributed by atoms with van der Waals surface area (Å²) in [6.07, 6.45) is 7.09. The number of β-amino-alcohol motifs (C(OH)–C–C–N with tert-alkyl or cyclic N) is 3. The third kappa shape index (κ3) is 27.5. The van der Waals surface area contributed by atoms with Crippen LogP contribution in [-0.2, 0) is 23.9 Å². The summed E-state index contributed by atoms with van der Waals surface area (Å²) in [7, 11) is 0. The molecule has 1 aliphatic carbocycles. The summed E-state index contributed by atoms with van der Waals surface area (Å²) >= 11 is 5.78. The number of hydrogen-bond donors (Lipinski definition) is 15. The van der Waals surface area contributed by atoms with Crippen molar-refractivity contribution in [1.82, 2.24) is 80.7 Å². The number of aromatic nitrogens is 16. The maximum Gasteiger partial charge on any atom is 0.224 e. The number of anilines is 16. The second-order valence-corrected chi connectivity index (χ2v) is 40.1. The molecule has 135 heavy (non-hydrogen) atoms. The maximum atomic E-state index is 11.6. The van der Waals surface area contributed by atoms with E-state index in [0.29, 0.717) is 144 Å². The smallest absolute Gasteiger partial charge is 0.224 e. The van der Waals surface area contributed by atoms with Crippen LogP contribution in [0.4, 0.5) is 92.6 Å². The fourth-order valence-electron chi connectivity index (χ4n) is 15.5. The summed E-state index contributed by atoms with van der Waals surface area (Å²) in [5.74, 6) is 8.89. The Hall–Kier alpha value is -12.4. The second-order valence-electron chi connectivity index (χ2n) is 35.9. The molecule has 0 unspecified atom stereocenters. The first kappa shape index (κ1) is 98.6. The normalized spacial score (nSPS) is 15.5. The Balaban J connectivity index is 0.000000488. The molecule has 36 nitrogen and oxygen atoms in total. The summed E-state index contributed by atoms with van der Waals surface area (Å²) in [5.41, 5.74) is 4.43. The number of nitrogens with zero attached hydrogens (tertiary/aromatic N) is 16. The number of aromatic amines is 4. The van der Waals surface area contributed by atoms with Crippen LogP contribution in [0.25, 0.3) is 0 Å². The Morgan fingerprint density at radius 3 is 0.919 bits per heavy atom. The van der Waals surface area contributed by atoms with E-state index in [1.165, 1.54) is 59.9 Å². The number of carbonyl (C=O) groups is 4. The second kappa shape index (κ2) is 43.5. The Morgan fingerprint density at radius 1 is 0.407 bits per heavy atom. The lowest BCUT2D eigenvalue weighted by molar-refractivity contribution is -0.134. The number of rotatable bonds is 32. The molecule has 4 aliphatic heterocycles. The first-order chi connectivity index (χ1) is 64.5. The van der Waals surface area contributed by atoms with Gasteiger partial charge in [0.1, 0.15) is 63.3 Å². The van der Waals surface area contributed by atoms with Gasteiger partial charge >= 0.3 is 0 Å². The number of H-pyrrole nitrogens is 4. The predicted octanol–water partition coefficient (Wildman–Crippen LogP) is 20.0. The highest BCUT2D eigenvalue weighted by atomic mass is 32.2. The predicted molar refractivity (Wildman–Crippen MR) is 556 cm³/mol. The van der Waals surface area contributed by atoms with Crippen LogP contribution in [-0.4, -0.2) is 200 Å². The minimum Gasteiger partial charge on any atom is -0.386 e. The van der Waals surface area contributed by atoms with Gasteiger partial charge in [-0.2, -0.15) is 20.4 Å². The monoisotopic (exact) mass is 1930 g/mol. The molecule has 17 rings (SSSR count).